The summed E-state index contributed by atoms with van der Waals surface area (Å²) >= 11 is 0. The predicted octanol–water partition coefficient (Wildman–Crippen LogP) is 0.949. The fourth-order valence-corrected chi connectivity index (χ4v) is 2.21. The Hall–Kier alpha value is -0.320. The second-order valence-electron chi connectivity index (χ2n) is 5.62. The minimum Gasteiger partial charge on any atom is -0.378 e. The van der Waals surface area contributed by atoms with Crippen molar-refractivity contribution in [3.05, 3.63) is 0 Å². The van der Waals surface area contributed by atoms with Crippen LogP contribution in [-0.2, 0) is 9.53 Å². The molecular weight excluding hydrogens is 240 g/mol. The average Bonchev–Trinajstić information content (AvgIpc) is 2.85. The molecular formula is C12H23ClN2O2. The second-order valence-corrected chi connectivity index (χ2v) is 5.62. The zero-order valence-electron chi connectivity index (χ0n) is 10.6. The maximum absolute atomic E-state index is 11.6. The Labute approximate surface area is 109 Å². The van der Waals surface area contributed by atoms with Gasteiger partial charge in [0.15, 0.2) is 0 Å². The van der Waals surface area contributed by atoms with Crippen LogP contribution in [0.15, 0.2) is 0 Å². The Morgan fingerprint density at radius 1 is 1.53 bits per heavy atom. The normalized spacial score (nSPS) is 30.2. The highest BCUT2D eigenvalue weighted by Crippen LogP contribution is 2.50. The van der Waals surface area contributed by atoms with E-state index in [0.717, 1.165) is 19.7 Å². The number of hydrogen-bond donors (Lipinski definition) is 2. The molecule has 5 heteroatoms. The Kier molecular flexibility index (Phi) is 5.22. The van der Waals surface area contributed by atoms with E-state index in [4.69, 9.17) is 4.74 Å². The number of ether oxygens (including phenoxy) is 1. The Balaban J connectivity index is 0.00000144. The van der Waals surface area contributed by atoms with Crippen LogP contribution in [0, 0.1) is 11.3 Å². The van der Waals surface area contributed by atoms with Crippen LogP contribution in [0.25, 0.3) is 0 Å². The largest absolute Gasteiger partial charge is 0.378 e. The van der Waals surface area contributed by atoms with Gasteiger partial charge in [-0.1, -0.05) is 13.8 Å². The quantitative estimate of drug-likeness (QED) is 0.793. The van der Waals surface area contributed by atoms with Gasteiger partial charge in [-0.05, 0) is 17.8 Å². The molecule has 2 aliphatic rings. The van der Waals surface area contributed by atoms with Crippen molar-refractivity contribution in [3.8, 4) is 0 Å². The van der Waals surface area contributed by atoms with Gasteiger partial charge in [0.2, 0.25) is 5.91 Å². The van der Waals surface area contributed by atoms with Gasteiger partial charge in [0.25, 0.3) is 0 Å². The van der Waals surface area contributed by atoms with E-state index in [1.54, 1.807) is 0 Å². The van der Waals surface area contributed by atoms with Crippen LogP contribution in [0.1, 0.15) is 26.7 Å². The zero-order chi connectivity index (χ0) is 11.6. The number of halogens is 1. The summed E-state index contributed by atoms with van der Waals surface area (Å²) in [6.45, 7) is 7.60. The molecule has 2 atom stereocenters. The van der Waals surface area contributed by atoms with Crippen molar-refractivity contribution in [1.82, 2.24) is 10.6 Å². The van der Waals surface area contributed by atoms with Crippen molar-refractivity contribution in [2.24, 2.45) is 11.3 Å². The van der Waals surface area contributed by atoms with Gasteiger partial charge < -0.3 is 15.4 Å². The lowest BCUT2D eigenvalue weighted by atomic mass is 10.1. The van der Waals surface area contributed by atoms with Crippen LogP contribution in [0.2, 0.25) is 0 Å². The molecule has 0 aromatic carbocycles. The van der Waals surface area contributed by atoms with Crippen molar-refractivity contribution in [2.75, 3.05) is 26.3 Å². The van der Waals surface area contributed by atoms with Crippen molar-refractivity contribution in [3.63, 3.8) is 0 Å². The number of morpholine rings is 1. The third-order valence-electron chi connectivity index (χ3n) is 3.69. The molecule has 1 amide bonds. The summed E-state index contributed by atoms with van der Waals surface area (Å²) in [5.74, 6) is 0.817. The lowest BCUT2D eigenvalue weighted by Crippen LogP contribution is -2.44. The van der Waals surface area contributed by atoms with Gasteiger partial charge in [-0.15, -0.1) is 12.4 Å². The molecule has 1 saturated carbocycles. The van der Waals surface area contributed by atoms with Crippen molar-refractivity contribution >= 4 is 18.3 Å². The molecule has 100 valence electrons. The van der Waals surface area contributed by atoms with Gasteiger partial charge in [-0.3, -0.25) is 4.79 Å². The number of amides is 1. The lowest BCUT2D eigenvalue weighted by molar-refractivity contribution is -0.122. The van der Waals surface area contributed by atoms with E-state index in [9.17, 15) is 4.79 Å². The standard InChI is InChI=1S/C12H22N2O2.ClH/c1-12(2)6-9(12)7-14-11(15)5-10-8-16-4-3-13-10;/h9-10,13H,3-8H2,1-2H3,(H,14,15);1H. The minimum atomic E-state index is 0. The number of hydrogen-bond acceptors (Lipinski definition) is 3. The van der Waals surface area contributed by atoms with E-state index < -0.39 is 0 Å². The van der Waals surface area contributed by atoms with Crippen LogP contribution in [0.5, 0.6) is 0 Å². The predicted molar refractivity (Wildman–Crippen MR) is 69.4 cm³/mol. The fraction of sp³-hybridized carbons (Fsp3) is 0.917. The average molecular weight is 263 g/mol. The van der Waals surface area contributed by atoms with E-state index in [-0.39, 0.29) is 24.4 Å². The molecule has 0 spiro atoms. The van der Waals surface area contributed by atoms with Crippen molar-refractivity contribution < 1.29 is 9.53 Å². The fourth-order valence-electron chi connectivity index (χ4n) is 2.21. The summed E-state index contributed by atoms with van der Waals surface area (Å²) in [5, 5.41) is 6.30. The second kappa shape index (κ2) is 6.03. The first kappa shape index (κ1) is 14.7. The van der Waals surface area contributed by atoms with Gasteiger partial charge in [0, 0.05) is 25.6 Å². The number of carbonyl (C=O) groups is 1. The van der Waals surface area contributed by atoms with Gasteiger partial charge in [0.1, 0.15) is 0 Å². The summed E-state index contributed by atoms with van der Waals surface area (Å²) in [6, 6.07) is 0.195. The molecule has 17 heavy (non-hydrogen) atoms. The molecule has 2 N–H and O–H groups in total. The number of rotatable bonds is 4. The van der Waals surface area contributed by atoms with Gasteiger partial charge >= 0.3 is 0 Å². The Bertz CT molecular complexity index is 265. The molecule has 0 bridgehead atoms. The molecule has 2 fully saturated rings. The van der Waals surface area contributed by atoms with Crippen molar-refractivity contribution in [2.45, 2.75) is 32.7 Å². The van der Waals surface area contributed by atoms with Crippen molar-refractivity contribution in [1.29, 1.82) is 0 Å². The summed E-state index contributed by atoms with van der Waals surface area (Å²) in [4.78, 5) is 11.6. The molecule has 0 radical (unpaired) electrons. The lowest BCUT2D eigenvalue weighted by Gasteiger charge is -2.23. The SMILES string of the molecule is CC1(C)CC1CNC(=O)CC1COCCN1.Cl. The zero-order valence-corrected chi connectivity index (χ0v) is 11.4. The molecule has 1 aliphatic heterocycles. The summed E-state index contributed by atoms with van der Waals surface area (Å²) in [7, 11) is 0. The number of nitrogens with one attached hydrogen (secondary N) is 2. The third-order valence-corrected chi connectivity index (χ3v) is 3.69. The molecule has 1 heterocycles. The van der Waals surface area contributed by atoms with Crippen LogP contribution in [0.3, 0.4) is 0 Å². The van der Waals surface area contributed by atoms with Crippen LogP contribution < -0.4 is 10.6 Å². The van der Waals surface area contributed by atoms with E-state index in [0.29, 0.717) is 24.4 Å². The molecule has 2 unspecified atom stereocenters. The maximum Gasteiger partial charge on any atom is 0.221 e. The highest BCUT2D eigenvalue weighted by atomic mass is 35.5. The van der Waals surface area contributed by atoms with Gasteiger partial charge in [0.05, 0.1) is 13.2 Å². The molecule has 0 aromatic rings. The first-order valence-electron chi connectivity index (χ1n) is 6.16. The van der Waals surface area contributed by atoms with E-state index in [2.05, 4.69) is 24.5 Å². The Morgan fingerprint density at radius 3 is 2.76 bits per heavy atom. The van der Waals surface area contributed by atoms with E-state index in [1.807, 2.05) is 0 Å². The van der Waals surface area contributed by atoms with Crippen LogP contribution in [0.4, 0.5) is 0 Å². The first-order valence-corrected chi connectivity index (χ1v) is 6.16. The topological polar surface area (TPSA) is 50.4 Å². The molecule has 4 nitrogen and oxygen atoms in total. The van der Waals surface area contributed by atoms with E-state index >= 15 is 0 Å². The molecule has 1 saturated heterocycles. The first-order chi connectivity index (χ1) is 7.58. The summed E-state index contributed by atoms with van der Waals surface area (Å²) < 4.78 is 5.31. The van der Waals surface area contributed by atoms with Crippen LogP contribution >= 0.6 is 12.4 Å². The molecule has 2 rings (SSSR count). The number of carbonyl (C=O) groups excluding carboxylic acids is 1. The van der Waals surface area contributed by atoms with Gasteiger partial charge in [-0.2, -0.15) is 0 Å². The monoisotopic (exact) mass is 262 g/mol. The third kappa shape index (κ3) is 4.45. The Morgan fingerprint density at radius 2 is 2.24 bits per heavy atom. The molecule has 0 aromatic heterocycles. The van der Waals surface area contributed by atoms with E-state index in [1.165, 1.54) is 6.42 Å². The maximum atomic E-state index is 11.6. The smallest absolute Gasteiger partial charge is 0.221 e. The van der Waals surface area contributed by atoms with Gasteiger partial charge in [-0.25, -0.2) is 0 Å². The summed E-state index contributed by atoms with van der Waals surface area (Å²) in [6.07, 6.45) is 1.77. The molecule has 1 aliphatic carbocycles. The summed E-state index contributed by atoms with van der Waals surface area (Å²) in [5.41, 5.74) is 0.444. The highest BCUT2D eigenvalue weighted by molar-refractivity contribution is 5.85. The van der Waals surface area contributed by atoms with Crippen LogP contribution in [-0.4, -0.2) is 38.3 Å². The highest BCUT2D eigenvalue weighted by Gasteiger charge is 2.45. The minimum absolute atomic E-state index is 0.